The molecule has 0 aliphatic carbocycles. The highest BCUT2D eigenvalue weighted by Crippen LogP contribution is 2.09. The highest BCUT2D eigenvalue weighted by Gasteiger charge is 2.11. The van der Waals surface area contributed by atoms with E-state index in [1.165, 1.54) is 31.2 Å². The highest BCUT2D eigenvalue weighted by atomic mass is 16.7. The fraction of sp³-hybridized carbons (Fsp3) is 0.318. The minimum absolute atomic E-state index is 0.00825. The molecule has 0 bridgehead atoms. The van der Waals surface area contributed by atoms with Gasteiger partial charge in [-0.3, -0.25) is 4.79 Å². The minimum Gasteiger partial charge on any atom is -0.435 e. The van der Waals surface area contributed by atoms with E-state index in [9.17, 15) is 14.4 Å². The lowest BCUT2D eigenvalue weighted by Gasteiger charge is -2.08. The number of hydrogen-bond donors (Lipinski definition) is 0. The SMILES string of the molecule is COCCOCOC(=O)c1ccc(C(=O)OCOCc2ccc(C(C)=O)cc2)cc1. The third-order valence-electron chi connectivity index (χ3n) is 3.96. The molecule has 0 aliphatic rings. The zero-order valence-electron chi connectivity index (χ0n) is 16.9. The molecule has 30 heavy (non-hydrogen) atoms. The van der Waals surface area contributed by atoms with Gasteiger partial charge in [-0.15, -0.1) is 0 Å². The molecule has 8 nitrogen and oxygen atoms in total. The Morgan fingerprint density at radius 2 is 1.20 bits per heavy atom. The van der Waals surface area contributed by atoms with Gasteiger partial charge in [0.2, 0.25) is 0 Å². The van der Waals surface area contributed by atoms with E-state index in [4.69, 9.17) is 23.7 Å². The average molecular weight is 416 g/mol. The largest absolute Gasteiger partial charge is 0.435 e. The first-order chi connectivity index (χ1) is 14.5. The predicted octanol–water partition coefficient (Wildman–Crippen LogP) is 3.00. The molecular weight excluding hydrogens is 392 g/mol. The van der Waals surface area contributed by atoms with Crippen LogP contribution >= 0.6 is 0 Å². The molecule has 8 heteroatoms. The molecule has 0 fully saturated rings. The summed E-state index contributed by atoms with van der Waals surface area (Å²) >= 11 is 0. The molecule has 0 heterocycles. The second kappa shape index (κ2) is 12.5. The van der Waals surface area contributed by atoms with Gasteiger partial charge in [0.1, 0.15) is 0 Å². The zero-order valence-corrected chi connectivity index (χ0v) is 16.9. The van der Waals surface area contributed by atoms with Gasteiger partial charge in [-0.2, -0.15) is 0 Å². The lowest BCUT2D eigenvalue weighted by Crippen LogP contribution is -2.12. The first kappa shape index (κ1) is 23.2. The molecule has 0 atom stereocenters. The number of hydrogen-bond acceptors (Lipinski definition) is 8. The Morgan fingerprint density at radius 1 is 0.700 bits per heavy atom. The topological polar surface area (TPSA) is 97.4 Å². The minimum atomic E-state index is -0.579. The summed E-state index contributed by atoms with van der Waals surface area (Å²) in [7, 11) is 1.54. The van der Waals surface area contributed by atoms with Crippen molar-refractivity contribution in [2.45, 2.75) is 13.5 Å². The van der Waals surface area contributed by atoms with Crippen molar-refractivity contribution in [3.05, 3.63) is 70.8 Å². The number of esters is 2. The Kier molecular flexibility index (Phi) is 9.66. The Hall–Kier alpha value is -3.07. The number of methoxy groups -OCH3 is 1. The van der Waals surface area contributed by atoms with Crippen LogP contribution in [-0.4, -0.2) is 51.6 Å². The number of Topliss-reactive ketones (excluding diaryl/α,β-unsaturated/α-hetero) is 1. The first-order valence-corrected chi connectivity index (χ1v) is 9.20. The van der Waals surface area contributed by atoms with E-state index in [0.717, 1.165) is 5.56 Å². The highest BCUT2D eigenvalue weighted by molar-refractivity contribution is 5.94. The molecule has 0 aliphatic heterocycles. The van der Waals surface area contributed by atoms with Gasteiger partial charge in [0.05, 0.1) is 30.9 Å². The van der Waals surface area contributed by atoms with Crippen molar-refractivity contribution < 1.29 is 38.1 Å². The van der Waals surface area contributed by atoms with E-state index in [0.29, 0.717) is 18.8 Å². The molecule has 0 aromatic heterocycles. The van der Waals surface area contributed by atoms with Gasteiger partial charge in [-0.1, -0.05) is 24.3 Å². The van der Waals surface area contributed by atoms with Gasteiger partial charge in [-0.25, -0.2) is 9.59 Å². The second-order valence-electron chi connectivity index (χ2n) is 6.18. The summed E-state index contributed by atoms with van der Waals surface area (Å²) in [6.07, 6.45) is 0. The summed E-state index contributed by atoms with van der Waals surface area (Å²) < 4.78 is 25.2. The number of rotatable bonds is 12. The van der Waals surface area contributed by atoms with Gasteiger partial charge in [0.15, 0.2) is 19.4 Å². The van der Waals surface area contributed by atoms with Crippen molar-refractivity contribution in [1.29, 1.82) is 0 Å². The molecule has 0 amide bonds. The van der Waals surface area contributed by atoms with E-state index in [-0.39, 0.29) is 37.1 Å². The molecule has 0 unspecified atom stereocenters. The average Bonchev–Trinajstić information content (AvgIpc) is 2.76. The molecule has 0 saturated heterocycles. The lowest BCUT2D eigenvalue weighted by atomic mass is 10.1. The maximum Gasteiger partial charge on any atom is 0.340 e. The van der Waals surface area contributed by atoms with Crippen LogP contribution in [-0.2, 0) is 30.3 Å². The third-order valence-corrected chi connectivity index (χ3v) is 3.96. The van der Waals surface area contributed by atoms with Crippen LogP contribution in [0.4, 0.5) is 0 Å². The Labute approximate surface area is 174 Å². The standard InChI is InChI=1S/C22H24O8/c1-16(23)18-5-3-17(4-6-18)13-28-15-30-22(25)20-9-7-19(8-10-20)21(24)29-14-27-12-11-26-2/h3-10H,11-15H2,1-2H3. The normalized spacial score (nSPS) is 10.5. The Bertz CT molecular complexity index is 827. The Morgan fingerprint density at radius 3 is 1.70 bits per heavy atom. The summed E-state index contributed by atoms with van der Waals surface area (Å²) in [5, 5.41) is 0. The zero-order chi connectivity index (χ0) is 21.8. The van der Waals surface area contributed by atoms with Crippen LogP contribution in [0.5, 0.6) is 0 Å². The monoisotopic (exact) mass is 416 g/mol. The van der Waals surface area contributed by atoms with Crippen LogP contribution in [0, 0.1) is 0 Å². The summed E-state index contributed by atoms with van der Waals surface area (Å²) in [4.78, 5) is 35.2. The number of benzene rings is 2. The number of carbonyl (C=O) groups excluding carboxylic acids is 3. The van der Waals surface area contributed by atoms with Gasteiger partial charge in [-0.05, 0) is 36.8 Å². The van der Waals surface area contributed by atoms with Gasteiger partial charge >= 0.3 is 11.9 Å². The summed E-state index contributed by atoms with van der Waals surface area (Å²) in [5.74, 6) is -1.15. The van der Waals surface area contributed by atoms with Gasteiger partial charge in [0.25, 0.3) is 0 Å². The van der Waals surface area contributed by atoms with E-state index in [1.807, 2.05) is 0 Å². The van der Waals surface area contributed by atoms with Crippen molar-refractivity contribution in [2.75, 3.05) is 33.9 Å². The van der Waals surface area contributed by atoms with Crippen molar-refractivity contribution in [1.82, 2.24) is 0 Å². The number of ketones is 1. The number of carbonyl (C=O) groups is 3. The van der Waals surface area contributed by atoms with E-state index in [1.54, 1.807) is 31.4 Å². The maximum absolute atomic E-state index is 12.0. The van der Waals surface area contributed by atoms with Crippen molar-refractivity contribution in [2.24, 2.45) is 0 Å². The molecule has 160 valence electrons. The fourth-order valence-electron chi connectivity index (χ4n) is 2.30. The van der Waals surface area contributed by atoms with E-state index < -0.39 is 11.9 Å². The van der Waals surface area contributed by atoms with Crippen molar-refractivity contribution in [3.8, 4) is 0 Å². The van der Waals surface area contributed by atoms with Crippen LogP contribution in [0.2, 0.25) is 0 Å². The van der Waals surface area contributed by atoms with Crippen LogP contribution in [0.1, 0.15) is 43.6 Å². The predicted molar refractivity (Wildman–Crippen MR) is 106 cm³/mol. The van der Waals surface area contributed by atoms with E-state index >= 15 is 0 Å². The van der Waals surface area contributed by atoms with Gasteiger partial charge in [0, 0.05) is 12.7 Å². The fourth-order valence-corrected chi connectivity index (χ4v) is 2.30. The molecule has 2 aromatic rings. The van der Waals surface area contributed by atoms with Crippen molar-refractivity contribution >= 4 is 17.7 Å². The van der Waals surface area contributed by atoms with E-state index in [2.05, 4.69) is 0 Å². The molecule has 0 N–H and O–H groups in total. The quantitative estimate of drug-likeness (QED) is 0.225. The van der Waals surface area contributed by atoms with Gasteiger partial charge < -0.3 is 23.7 Å². The van der Waals surface area contributed by atoms with Crippen LogP contribution in [0.15, 0.2) is 48.5 Å². The molecule has 2 rings (SSSR count). The van der Waals surface area contributed by atoms with Crippen LogP contribution in [0.3, 0.4) is 0 Å². The number of ether oxygens (including phenoxy) is 5. The molecule has 0 spiro atoms. The summed E-state index contributed by atoms with van der Waals surface area (Å²) in [5.41, 5.74) is 2.03. The first-order valence-electron chi connectivity index (χ1n) is 9.20. The molecule has 2 aromatic carbocycles. The Balaban J connectivity index is 1.71. The molecular formula is C22H24O8. The van der Waals surface area contributed by atoms with Crippen LogP contribution < -0.4 is 0 Å². The summed E-state index contributed by atoms with van der Waals surface area (Å²) in [6, 6.07) is 12.8. The van der Waals surface area contributed by atoms with Crippen LogP contribution in [0.25, 0.3) is 0 Å². The second-order valence-corrected chi connectivity index (χ2v) is 6.18. The summed E-state index contributed by atoms with van der Waals surface area (Å²) in [6.45, 7) is 2.06. The maximum atomic E-state index is 12.0. The molecule has 0 saturated carbocycles. The smallest absolute Gasteiger partial charge is 0.340 e. The third kappa shape index (κ3) is 7.75. The van der Waals surface area contributed by atoms with Crippen molar-refractivity contribution in [3.63, 3.8) is 0 Å². The molecule has 0 radical (unpaired) electrons. The lowest BCUT2D eigenvalue weighted by molar-refractivity contribution is -0.0437.